The van der Waals surface area contributed by atoms with Crippen molar-refractivity contribution in [1.29, 1.82) is 0 Å². The molecular weight excluding hydrogens is 272 g/mol. The van der Waals surface area contributed by atoms with Gasteiger partial charge in [0.1, 0.15) is 0 Å². The van der Waals surface area contributed by atoms with Gasteiger partial charge in [0.15, 0.2) is 0 Å². The molecule has 0 saturated heterocycles. The normalized spacial score (nSPS) is 12.1. The molecule has 0 amide bonds. The largest absolute Gasteiger partial charge is 0.309 e. The summed E-state index contributed by atoms with van der Waals surface area (Å²) in [5, 5.41) is 0. The standard InChI is InChI=1S/C15H26N2O2S/c1-12-10-14(3)15(11-13(12)2)20(18,19)16-8-6-7-9-17(4)5/h10-11,16H,6-9H2,1-5H3. The zero-order valence-corrected chi connectivity index (χ0v) is 14.0. The number of aryl methyl sites for hydroxylation is 3. The summed E-state index contributed by atoms with van der Waals surface area (Å²) in [5.41, 5.74) is 2.92. The van der Waals surface area contributed by atoms with E-state index in [0.29, 0.717) is 11.4 Å². The molecule has 20 heavy (non-hydrogen) atoms. The second-order valence-electron chi connectivity index (χ2n) is 5.61. The van der Waals surface area contributed by atoms with E-state index in [1.807, 2.05) is 40.9 Å². The van der Waals surface area contributed by atoms with Crippen molar-refractivity contribution in [3.8, 4) is 0 Å². The van der Waals surface area contributed by atoms with Crippen LogP contribution in [0.3, 0.4) is 0 Å². The van der Waals surface area contributed by atoms with Crippen molar-refractivity contribution in [3.05, 3.63) is 28.8 Å². The van der Waals surface area contributed by atoms with E-state index in [-0.39, 0.29) is 0 Å². The van der Waals surface area contributed by atoms with E-state index in [0.717, 1.165) is 36.1 Å². The molecule has 114 valence electrons. The second kappa shape index (κ2) is 7.20. The third-order valence-electron chi connectivity index (χ3n) is 3.40. The number of benzene rings is 1. The summed E-state index contributed by atoms with van der Waals surface area (Å²) >= 11 is 0. The molecule has 0 atom stereocenters. The van der Waals surface area contributed by atoms with Gasteiger partial charge in [-0.05, 0) is 77.0 Å². The number of rotatable bonds is 7. The number of sulfonamides is 1. The molecule has 0 radical (unpaired) electrons. The van der Waals surface area contributed by atoms with Crippen LogP contribution in [0.2, 0.25) is 0 Å². The van der Waals surface area contributed by atoms with E-state index in [4.69, 9.17) is 0 Å². The van der Waals surface area contributed by atoms with Gasteiger partial charge < -0.3 is 4.90 Å². The van der Waals surface area contributed by atoms with Gasteiger partial charge in [0, 0.05) is 6.54 Å². The molecule has 0 bridgehead atoms. The lowest BCUT2D eigenvalue weighted by Crippen LogP contribution is -2.26. The number of unbranched alkanes of at least 4 members (excludes halogenated alkanes) is 1. The minimum absolute atomic E-state index is 0.396. The summed E-state index contributed by atoms with van der Waals surface area (Å²) in [6, 6.07) is 3.68. The first-order valence-corrected chi connectivity index (χ1v) is 8.44. The Kier molecular flexibility index (Phi) is 6.17. The van der Waals surface area contributed by atoms with Gasteiger partial charge in [-0.25, -0.2) is 13.1 Å². The predicted octanol–water partition coefficient (Wildman–Crippen LogP) is 2.23. The van der Waals surface area contributed by atoms with Crippen molar-refractivity contribution in [2.45, 2.75) is 38.5 Å². The van der Waals surface area contributed by atoms with Crippen LogP contribution >= 0.6 is 0 Å². The van der Waals surface area contributed by atoms with Gasteiger partial charge in [-0.2, -0.15) is 0 Å². The second-order valence-corrected chi connectivity index (χ2v) is 7.35. The fourth-order valence-electron chi connectivity index (χ4n) is 2.06. The molecule has 0 saturated carbocycles. The van der Waals surface area contributed by atoms with Crippen LogP contribution in [0, 0.1) is 20.8 Å². The van der Waals surface area contributed by atoms with Crippen molar-refractivity contribution in [2.75, 3.05) is 27.2 Å². The van der Waals surface area contributed by atoms with E-state index in [1.165, 1.54) is 0 Å². The van der Waals surface area contributed by atoms with E-state index >= 15 is 0 Å². The number of nitrogens with zero attached hydrogens (tertiary/aromatic N) is 1. The molecule has 0 heterocycles. The minimum Gasteiger partial charge on any atom is -0.309 e. The highest BCUT2D eigenvalue weighted by Crippen LogP contribution is 2.19. The minimum atomic E-state index is -3.39. The maximum Gasteiger partial charge on any atom is 0.240 e. The van der Waals surface area contributed by atoms with Crippen LogP contribution in [0.1, 0.15) is 29.5 Å². The Balaban J connectivity index is 2.68. The average molecular weight is 298 g/mol. The maximum atomic E-state index is 12.3. The molecule has 5 heteroatoms. The van der Waals surface area contributed by atoms with Gasteiger partial charge in [-0.15, -0.1) is 0 Å². The first-order chi connectivity index (χ1) is 9.24. The van der Waals surface area contributed by atoms with Crippen molar-refractivity contribution in [2.24, 2.45) is 0 Å². The van der Waals surface area contributed by atoms with Gasteiger partial charge in [0.25, 0.3) is 0 Å². The molecule has 0 aromatic heterocycles. The monoisotopic (exact) mass is 298 g/mol. The first kappa shape index (κ1) is 17.1. The fraction of sp³-hybridized carbons (Fsp3) is 0.600. The van der Waals surface area contributed by atoms with Gasteiger partial charge in [0.05, 0.1) is 4.90 Å². The smallest absolute Gasteiger partial charge is 0.240 e. The van der Waals surface area contributed by atoms with Crippen LogP contribution < -0.4 is 4.72 Å². The molecule has 1 aromatic carbocycles. The molecule has 1 rings (SSSR count). The first-order valence-electron chi connectivity index (χ1n) is 6.96. The summed E-state index contributed by atoms with van der Waals surface area (Å²) in [4.78, 5) is 2.50. The van der Waals surface area contributed by atoms with E-state index in [9.17, 15) is 8.42 Å². The van der Waals surface area contributed by atoms with Crippen LogP contribution in [0.15, 0.2) is 17.0 Å². The van der Waals surface area contributed by atoms with Crippen LogP contribution in [-0.2, 0) is 10.0 Å². The molecular formula is C15H26N2O2S. The number of hydrogen-bond donors (Lipinski definition) is 1. The van der Waals surface area contributed by atoms with Crippen molar-refractivity contribution >= 4 is 10.0 Å². The topological polar surface area (TPSA) is 49.4 Å². The Hall–Kier alpha value is -0.910. The van der Waals surface area contributed by atoms with Crippen LogP contribution in [0.25, 0.3) is 0 Å². The van der Waals surface area contributed by atoms with E-state index in [1.54, 1.807) is 6.07 Å². The Bertz CT molecular complexity index is 551. The highest BCUT2D eigenvalue weighted by Gasteiger charge is 2.17. The molecule has 0 aliphatic rings. The zero-order valence-electron chi connectivity index (χ0n) is 13.2. The number of hydrogen-bond acceptors (Lipinski definition) is 3. The highest BCUT2D eigenvalue weighted by molar-refractivity contribution is 7.89. The maximum absolute atomic E-state index is 12.3. The van der Waals surface area contributed by atoms with Crippen LogP contribution in [0.5, 0.6) is 0 Å². The van der Waals surface area contributed by atoms with Crippen molar-refractivity contribution < 1.29 is 8.42 Å². The Morgan fingerprint density at radius 2 is 1.60 bits per heavy atom. The Labute approximate surface area is 123 Å². The quantitative estimate of drug-likeness (QED) is 0.785. The molecule has 0 fully saturated rings. The molecule has 1 N–H and O–H groups in total. The summed E-state index contributed by atoms with van der Waals surface area (Å²) in [6.07, 6.45) is 1.84. The SMILES string of the molecule is Cc1cc(C)c(S(=O)(=O)NCCCCN(C)C)cc1C. The third kappa shape index (κ3) is 4.89. The van der Waals surface area contributed by atoms with Gasteiger partial charge >= 0.3 is 0 Å². The lowest BCUT2D eigenvalue weighted by molar-refractivity contribution is 0.394. The van der Waals surface area contributed by atoms with Crippen LogP contribution in [0.4, 0.5) is 0 Å². The Morgan fingerprint density at radius 1 is 1.00 bits per heavy atom. The molecule has 0 aliphatic heterocycles. The summed E-state index contributed by atoms with van der Waals surface area (Å²) in [5.74, 6) is 0. The lowest BCUT2D eigenvalue weighted by Gasteiger charge is -2.12. The Morgan fingerprint density at radius 3 is 2.20 bits per heavy atom. The molecule has 4 nitrogen and oxygen atoms in total. The van der Waals surface area contributed by atoms with Crippen molar-refractivity contribution in [3.63, 3.8) is 0 Å². The summed E-state index contributed by atoms with van der Waals surface area (Å²) < 4.78 is 27.3. The van der Waals surface area contributed by atoms with Crippen molar-refractivity contribution in [1.82, 2.24) is 9.62 Å². The lowest BCUT2D eigenvalue weighted by atomic mass is 10.1. The van der Waals surface area contributed by atoms with E-state index in [2.05, 4.69) is 9.62 Å². The third-order valence-corrected chi connectivity index (χ3v) is 5.01. The summed E-state index contributed by atoms with van der Waals surface area (Å²) in [6.45, 7) is 7.23. The molecule has 1 aromatic rings. The van der Waals surface area contributed by atoms with Gasteiger partial charge in [-0.3, -0.25) is 0 Å². The zero-order chi connectivity index (χ0) is 15.3. The van der Waals surface area contributed by atoms with Gasteiger partial charge in [0.2, 0.25) is 10.0 Å². The average Bonchev–Trinajstić information content (AvgIpc) is 2.32. The molecule has 0 unspecified atom stereocenters. The van der Waals surface area contributed by atoms with E-state index < -0.39 is 10.0 Å². The molecule has 0 spiro atoms. The fourth-order valence-corrected chi connectivity index (χ4v) is 3.44. The van der Waals surface area contributed by atoms with Crippen LogP contribution in [-0.4, -0.2) is 40.5 Å². The summed E-state index contributed by atoms with van der Waals surface area (Å²) in [7, 11) is 0.638. The van der Waals surface area contributed by atoms with Gasteiger partial charge in [-0.1, -0.05) is 6.07 Å². The molecule has 0 aliphatic carbocycles. The predicted molar refractivity (Wildman–Crippen MR) is 83.6 cm³/mol. The highest BCUT2D eigenvalue weighted by atomic mass is 32.2. The number of nitrogens with one attached hydrogen (secondary N) is 1.